The smallest absolute Gasteiger partial charge is 0.256 e. The number of amides is 2. The Balaban J connectivity index is 1.65. The fraction of sp³-hybridized carbons (Fsp3) is 0.300. The Morgan fingerprint density at radius 3 is 2.79 bits per heavy atom. The molecule has 1 heterocycles. The third kappa shape index (κ3) is 4.99. The number of β-amino-alcohol motifs (C(OH)–C–C–N with tert-alkyl or cyclic N) is 1. The molecule has 1 aliphatic rings. The van der Waals surface area contributed by atoms with Crippen molar-refractivity contribution >= 4 is 34.8 Å². The molecule has 0 bridgehead atoms. The number of hydrogen-bond donors (Lipinski definition) is 3. The van der Waals surface area contributed by atoms with Crippen molar-refractivity contribution in [1.82, 2.24) is 4.90 Å². The van der Waals surface area contributed by atoms with Crippen LogP contribution in [-0.4, -0.2) is 47.6 Å². The molecule has 0 spiro atoms. The highest BCUT2D eigenvalue weighted by molar-refractivity contribution is 6.30. The van der Waals surface area contributed by atoms with Crippen LogP contribution in [0.4, 0.5) is 15.8 Å². The van der Waals surface area contributed by atoms with E-state index in [0.717, 1.165) is 6.42 Å². The molecule has 2 aromatic carbocycles. The second kappa shape index (κ2) is 9.03. The Hall–Kier alpha value is -2.64. The van der Waals surface area contributed by atoms with E-state index in [1.54, 1.807) is 29.2 Å². The number of carbonyl (C=O) groups is 2. The quantitative estimate of drug-likeness (QED) is 0.713. The molecule has 0 saturated carbocycles. The molecule has 148 valence electrons. The van der Waals surface area contributed by atoms with Crippen molar-refractivity contribution in [2.24, 2.45) is 0 Å². The number of nitrogens with zero attached hydrogens (tertiary/aromatic N) is 1. The van der Waals surface area contributed by atoms with E-state index in [-0.39, 0.29) is 18.1 Å². The Morgan fingerprint density at radius 1 is 1.21 bits per heavy atom. The number of likely N-dealkylation sites (tertiary alicyclic amines) is 1. The molecule has 6 nitrogen and oxygen atoms in total. The number of para-hydroxylation sites is 1. The van der Waals surface area contributed by atoms with Gasteiger partial charge in [-0.25, -0.2) is 4.39 Å². The zero-order valence-electron chi connectivity index (χ0n) is 15.1. The van der Waals surface area contributed by atoms with E-state index in [1.807, 2.05) is 0 Å². The van der Waals surface area contributed by atoms with E-state index >= 15 is 0 Å². The van der Waals surface area contributed by atoms with Crippen LogP contribution in [0, 0.1) is 5.82 Å². The number of halogens is 2. The van der Waals surface area contributed by atoms with Crippen molar-refractivity contribution in [3.8, 4) is 0 Å². The second-order valence-corrected chi connectivity index (χ2v) is 7.06. The third-order valence-corrected chi connectivity index (χ3v) is 4.72. The Labute approximate surface area is 167 Å². The van der Waals surface area contributed by atoms with Gasteiger partial charge in [0.2, 0.25) is 5.91 Å². The van der Waals surface area contributed by atoms with Gasteiger partial charge in [-0.1, -0.05) is 23.7 Å². The van der Waals surface area contributed by atoms with Crippen LogP contribution in [-0.2, 0) is 4.79 Å². The molecule has 1 atom stereocenters. The predicted molar refractivity (Wildman–Crippen MR) is 106 cm³/mol. The van der Waals surface area contributed by atoms with Gasteiger partial charge in [0.1, 0.15) is 5.82 Å². The minimum Gasteiger partial charge on any atom is -0.391 e. The normalized spacial score (nSPS) is 16.5. The van der Waals surface area contributed by atoms with Gasteiger partial charge in [-0.15, -0.1) is 0 Å². The SMILES string of the molecule is O=C(CNc1ccccc1C(=O)N1CCCC(O)C1)Nc1cc(Cl)ccc1F. The number of aliphatic hydroxyl groups is 1. The van der Waals surface area contributed by atoms with E-state index < -0.39 is 17.8 Å². The molecule has 3 N–H and O–H groups in total. The van der Waals surface area contributed by atoms with Crippen molar-refractivity contribution in [3.63, 3.8) is 0 Å². The first-order valence-electron chi connectivity index (χ1n) is 8.99. The molecule has 2 amide bonds. The Bertz CT molecular complexity index is 878. The van der Waals surface area contributed by atoms with E-state index in [9.17, 15) is 19.1 Å². The van der Waals surface area contributed by atoms with Crippen LogP contribution >= 0.6 is 11.6 Å². The van der Waals surface area contributed by atoms with Crippen LogP contribution < -0.4 is 10.6 Å². The predicted octanol–water partition coefficient (Wildman–Crippen LogP) is 3.13. The first-order valence-corrected chi connectivity index (χ1v) is 9.37. The molecule has 1 fully saturated rings. The summed E-state index contributed by atoms with van der Waals surface area (Å²) in [6, 6.07) is 10.7. The molecule has 0 aromatic heterocycles. The number of benzene rings is 2. The van der Waals surface area contributed by atoms with Crippen LogP contribution in [0.2, 0.25) is 5.02 Å². The van der Waals surface area contributed by atoms with Gasteiger partial charge >= 0.3 is 0 Å². The van der Waals surface area contributed by atoms with E-state index in [2.05, 4.69) is 10.6 Å². The van der Waals surface area contributed by atoms with E-state index in [1.165, 1.54) is 18.2 Å². The van der Waals surface area contributed by atoms with Gasteiger partial charge in [0.15, 0.2) is 0 Å². The maximum absolute atomic E-state index is 13.7. The number of hydrogen-bond acceptors (Lipinski definition) is 4. The summed E-state index contributed by atoms with van der Waals surface area (Å²) in [4.78, 5) is 26.6. The molecule has 28 heavy (non-hydrogen) atoms. The number of piperidine rings is 1. The number of rotatable bonds is 5. The number of anilines is 2. The maximum atomic E-state index is 13.7. The third-order valence-electron chi connectivity index (χ3n) is 4.48. The van der Waals surface area contributed by atoms with Gasteiger partial charge in [0.05, 0.1) is 23.9 Å². The van der Waals surface area contributed by atoms with Gasteiger partial charge in [0, 0.05) is 23.8 Å². The molecular formula is C20H21ClFN3O3. The van der Waals surface area contributed by atoms with Crippen LogP contribution in [0.25, 0.3) is 0 Å². The summed E-state index contributed by atoms with van der Waals surface area (Å²) in [5.74, 6) is -1.27. The molecule has 1 saturated heterocycles. The monoisotopic (exact) mass is 405 g/mol. The first-order chi connectivity index (χ1) is 13.4. The lowest BCUT2D eigenvalue weighted by molar-refractivity contribution is -0.114. The summed E-state index contributed by atoms with van der Waals surface area (Å²) in [6.07, 6.45) is 0.913. The molecule has 1 aliphatic heterocycles. The maximum Gasteiger partial charge on any atom is 0.256 e. The number of nitrogens with one attached hydrogen (secondary N) is 2. The molecule has 0 radical (unpaired) electrons. The largest absolute Gasteiger partial charge is 0.391 e. The van der Waals surface area contributed by atoms with Gasteiger partial charge in [-0.3, -0.25) is 9.59 Å². The van der Waals surface area contributed by atoms with E-state index in [4.69, 9.17) is 11.6 Å². The molecule has 2 aromatic rings. The van der Waals surface area contributed by atoms with Crippen molar-refractivity contribution in [2.75, 3.05) is 30.3 Å². The Morgan fingerprint density at radius 2 is 2.00 bits per heavy atom. The highest BCUT2D eigenvalue weighted by Gasteiger charge is 2.24. The van der Waals surface area contributed by atoms with Crippen LogP contribution in [0.3, 0.4) is 0 Å². The fourth-order valence-corrected chi connectivity index (χ4v) is 3.27. The second-order valence-electron chi connectivity index (χ2n) is 6.62. The van der Waals surface area contributed by atoms with Crippen molar-refractivity contribution in [2.45, 2.75) is 18.9 Å². The molecule has 1 unspecified atom stereocenters. The summed E-state index contributed by atoms with van der Waals surface area (Å²) in [6.45, 7) is 0.722. The molecule has 3 rings (SSSR count). The molecular weight excluding hydrogens is 385 g/mol. The average Bonchev–Trinajstić information content (AvgIpc) is 2.69. The lowest BCUT2D eigenvalue weighted by Crippen LogP contribution is -2.42. The van der Waals surface area contributed by atoms with Crippen molar-refractivity contribution in [3.05, 3.63) is 58.9 Å². The highest BCUT2D eigenvalue weighted by Crippen LogP contribution is 2.21. The number of carbonyl (C=O) groups excluding carboxylic acids is 2. The zero-order valence-corrected chi connectivity index (χ0v) is 15.9. The summed E-state index contributed by atoms with van der Waals surface area (Å²) in [5.41, 5.74) is 0.901. The van der Waals surface area contributed by atoms with Gasteiger partial charge in [-0.2, -0.15) is 0 Å². The Kier molecular flexibility index (Phi) is 6.49. The zero-order chi connectivity index (χ0) is 20.1. The van der Waals surface area contributed by atoms with Crippen LogP contribution in [0.1, 0.15) is 23.2 Å². The lowest BCUT2D eigenvalue weighted by Gasteiger charge is -2.30. The van der Waals surface area contributed by atoms with Gasteiger partial charge in [0.25, 0.3) is 5.91 Å². The summed E-state index contributed by atoms with van der Waals surface area (Å²) in [5, 5.41) is 15.5. The minimum atomic E-state index is -0.586. The van der Waals surface area contributed by atoms with E-state index in [0.29, 0.717) is 35.8 Å². The summed E-state index contributed by atoms with van der Waals surface area (Å²) >= 11 is 5.82. The summed E-state index contributed by atoms with van der Waals surface area (Å²) < 4.78 is 13.7. The first kappa shape index (κ1) is 20.1. The standard InChI is InChI=1S/C20H21ClFN3O3/c21-13-7-8-16(22)18(10-13)24-19(27)11-23-17-6-2-1-5-15(17)20(28)25-9-3-4-14(26)12-25/h1-2,5-8,10,14,23,26H,3-4,9,11-12H2,(H,24,27). The van der Waals surface area contributed by atoms with Crippen molar-refractivity contribution in [1.29, 1.82) is 0 Å². The topological polar surface area (TPSA) is 81.7 Å². The average molecular weight is 406 g/mol. The van der Waals surface area contributed by atoms with Crippen LogP contribution in [0.5, 0.6) is 0 Å². The van der Waals surface area contributed by atoms with Crippen molar-refractivity contribution < 1.29 is 19.1 Å². The molecule has 8 heteroatoms. The van der Waals surface area contributed by atoms with Crippen LogP contribution in [0.15, 0.2) is 42.5 Å². The summed E-state index contributed by atoms with van der Waals surface area (Å²) in [7, 11) is 0. The van der Waals surface area contributed by atoms with Gasteiger partial charge in [-0.05, 0) is 43.2 Å². The van der Waals surface area contributed by atoms with Gasteiger partial charge < -0.3 is 20.6 Å². The lowest BCUT2D eigenvalue weighted by atomic mass is 10.1. The minimum absolute atomic E-state index is 0.00836. The molecule has 0 aliphatic carbocycles. The fourth-order valence-electron chi connectivity index (χ4n) is 3.10. The highest BCUT2D eigenvalue weighted by atomic mass is 35.5. The number of aliphatic hydroxyl groups excluding tert-OH is 1.